The van der Waals surface area contributed by atoms with Gasteiger partial charge >= 0.3 is 0 Å². The quantitative estimate of drug-likeness (QED) is 0.489. The smallest absolute Gasteiger partial charge is 0.269 e. The third-order valence-corrected chi connectivity index (χ3v) is 5.68. The molecule has 160 valence electrons. The highest BCUT2D eigenvalue weighted by Gasteiger charge is 2.26. The summed E-state index contributed by atoms with van der Waals surface area (Å²) in [5.41, 5.74) is 3.68. The number of hydrogen-bond acceptors (Lipinski definition) is 7. The van der Waals surface area contributed by atoms with Crippen LogP contribution in [-0.4, -0.2) is 63.3 Å². The number of aromatic nitrogens is 5. The summed E-state index contributed by atoms with van der Waals surface area (Å²) in [6.45, 7) is 3.59. The molecule has 1 atom stereocenters. The molecule has 0 spiro atoms. The summed E-state index contributed by atoms with van der Waals surface area (Å²) >= 11 is 0. The molecule has 4 aromatic rings. The molecule has 0 saturated carbocycles. The van der Waals surface area contributed by atoms with Crippen molar-refractivity contribution in [1.29, 1.82) is 0 Å². The van der Waals surface area contributed by atoms with Crippen LogP contribution in [0.4, 0.5) is 5.95 Å². The first-order valence-corrected chi connectivity index (χ1v) is 10.1. The van der Waals surface area contributed by atoms with Gasteiger partial charge in [0.2, 0.25) is 11.8 Å². The zero-order valence-corrected chi connectivity index (χ0v) is 17.5. The number of amides is 1. The van der Waals surface area contributed by atoms with Crippen molar-refractivity contribution in [3.05, 3.63) is 42.5 Å². The number of nitrogens with one attached hydrogen (secondary N) is 2. The van der Waals surface area contributed by atoms with Crippen molar-refractivity contribution >= 4 is 23.0 Å². The number of pyridine rings is 1. The molecule has 1 unspecified atom stereocenters. The number of imidazole rings is 1. The van der Waals surface area contributed by atoms with Crippen LogP contribution in [0.5, 0.6) is 5.88 Å². The lowest BCUT2D eigenvalue weighted by Gasteiger charge is -2.31. The molecule has 1 aliphatic heterocycles. The molecule has 1 amide bonds. The van der Waals surface area contributed by atoms with E-state index in [0.29, 0.717) is 29.1 Å². The Morgan fingerprint density at radius 3 is 2.87 bits per heavy atom. The number of methoxy groups -OCH3 is 1. The van der Waals surface area contributed by atoms with Gasteiger partial charge in [-0.15, -0.1) is 5.10 Å². The number of hydrogen-bond donors (Lipinski definition) is 2. The first-order valence-electron chi connectivity index (χ1n) is 10.1. The van der Waals surface area contributed by atoms with Crippen LogP contribution in [0.1, 0.15) is 17.4 Å². The van der Waals surface area contributed by atoms with Gasteiger partial charge in [-0.3, -0.25) is 9.20 Å². The summed E-state index contributed by atoms with van der Waals surface area (Å²) in [5, 5.41) is 10.6. The summed E-state index contributed by atoms with van der Waals surface area (Å²) in [6.07, 6.45) is 5.31. The molecule has 0 aliphatic carbocycles. The number of fused-ring (bicyclic) bond motifs is 2. The minimum atomic E-state index is -0.200. The maximum absolute atomic E-state index is 12.2. The van der Waals surface area contributed by atoms with Crippen LogP contribution in [0, 0.1) is 5.92 Å². The molecule has 2 N–H and O–H groups in total. The Morgan fingerprint density at radius 1 is 1.32 bits per heavy atom. The van der Waals surface area contributed by atoms with Crippen molar-refractivity contribution in [3.8, 4) is 17.0 Å². The molecule has 0 radical (unpaired) electrons. The fraction of sp³-hybridized carbons (Fsp3) is 0.333. The van der Waals surface area contributed by atoms with E-state index in [1.54, 1.807) is 29.3 Å². The van der Waals surface area contributed by atoms with Gasteiger partial charge in [-0.1, -0.05) is 0 Å². The minimum Gasteiger partial charge on any atom is -0.479 e. The topological polar surface area (TPSA) is 107 Å². The molecule has 0 aromatic carbocycles. The maximum atomic E-state index is 12.2. The lowest BCUT2D eigenvalue weighted by atomic mass is 10.0. The van der Waals surface area contributed by atoms with Gasteiger partial charge in [0.1, 0.15) is 16.9 Å². The van der Waals surface area contributed by atoms with Crippen LogP contribution in [0.15, 0.2) is 36.8 Å². The molecule has 5 rings (SSSR count). The van der Waals surface area contributed by atoms with Gasteiger partial charge in [0.05, 0.1) is 26.5 Å². The van der Waals surface area contributed by atoms with E-state index in [2.05, 4.69) is 32.6 Å². The van der Waals surface area contributed by atoms with E-state index >= 15 is 0 Å². The van der Waals surface area contributed by atoms with Crippen LogP contribution in [0.3, 0.4) is 0 Å². The predicted molar refractivity (Wildman–Crippen MR) is 115 cm³/mol. The SMILES string of the molecule is CNC(=O)c1cnc2ccc(-c3ccn4nc(NC(C)C5COC5)nc(OC)c34)cn12. The van der Waals surface area contributed by atoms with Crippen molar-refractivity contribution in [1.82, 2.24) is 29.3 Å². The van der Waals surface area contributed by atoms with Gasteiger partial charge in [0.25, 0.3) is 5.91 Å². The van der Waals surface area contributed by atoms with Crippen molar-refractivity contribution < 1.29 is 14.3 Å². The zero-order chi connectivity index (χ0) is 21.5. The summed E-state index contributed by atoms with van der Waals surface area (Å²) < 4.78 is 14.4. The highest BCUT2D eigenvalue weighted by molar-refractivity contribution is 5.93. The van der Waals surface area contributed by atoms with E-state index in [4.69, 9.17) is 9.47 Å². The van der Waals surface area contributed by atoms with E-state index in [0.717, 1.165) is 29.9 Å². The monoisotopic (exact) mass is 421 g/mol. The number of carbonyl (C=O) groups excluding carboxylic acids is 1. The Morgan fingerprint density at radius 2 is 2.16 bits per heavy atom. The van der Waals surface area contributed by atoms with E-state index < -0.39 is 0 Å². The Balaban J connectivity index is 1.56. The highest BCUT2D eigenvalue weighted by atomic mass is 16.5. The van der Waals surface area contributed by atoms with Gasteiger partial charge in [-0.25, -0.2) is 9.50 Å². The van der Waals surface area contributed by atoms with Crippen molar-refractivity contribution in [2.45, 2.75) is 13.0 Å². The van der Waals surface area contributed by atoms with Gasteiger partial charge in [0.15, 0.2) is 0 Å². The Labute approximate surface area is 178 Å². The van der Waals surface area contributed by atoms with Crippen molar-refractivity contribution in [3.63, 3.8) is 0 Å². The van der Waals surface area contributed by atoms with E-state index in [1.807, 2.05) is 30.6 Å². The van der Waals surface area contributed by atoms with Gasteiger partial charge in [0, 0.05) is 42.5 Å². The van der Waals surface area contributed by atoms with Crippen LogP contribution in [0.25, 0.3) is 22.3 Å². The molecule has 1 aliphatic rings. The summed E-state index contributed by atoms with van der Waals surface area (Å²) in [7, 11) is 3.19. The molecular weight excluding hydrogens is 398 g/mol. The third kappa shape index (κ3) is 3.25. The van der Waals surface area contributed by atoms with Gasteiger partial charge in [-0.2, -0.15) is 4.98 Å². The van der Waals surface area contributed by atoms with Crippen molar-refractivity contribution in [2.24, 2.45) is 5.92 Å². The number of rotatable bonds is 6. The highest BCUT2D eigenvalue weighted by Crippen LogP contribution is 2.32. The number of anilines is 1. The lowest BCUT2D eigenvalue weighted by Crippen LogP contribution is -2.40. The molecule has 1 fully saturated rings. The van der Waals surface area contributed by atoms with Crippen LogP contribution in [0.2, 0.25) is 0 Å². The molecule has 1 saturated heterocycles. The van der Waals surface area contributed by atoms with E-state index in [9.17, 15) is 4.79 Å². The van der Waals surface area contributed by atoms with Crippen molar-refractivity contribution in [2.75, 3.05) is 32.7 Å². The second-order valence-corrected chi connectivity index (χ2v) is 7.57. The predicted octanol–water partition coefficient (Wildman–Crippen LogP) is 1.86. The number of nitrogens with zero attached hydrogens (tertiary/aromatic N) is 5. The fourth-order valence-electron chi connectivity index (χ4n) is 3.73. The van der Waals surface area contributed by atoms with Gasteiger partial charge in [-0.05, 0) is 25.1 Å². The molecule has 31 heavy (non-hydrogen) atoms. The first kappa shape index (κ1) is 19.3. The summed E-state index contributed by atoms with van der Waals surface area (Å²) in [6, 6.07) is 5.97. The zero-order valence-electron chi connectivity index (χ0n) is 17.5. The van der Waals surface area contributed by atoms with E-state index in [1.165, 1.54) is 0 Å². The Hall–Kier alpha value is -3.66. The molecule has 4 aromatic heterocycles. The molecule has 0 bridgehead atoms. The number of ether oxygens (including phenoxy) is 2. The maximum Gasteiger partial charge on any atom is 0.269 e. The lowest BCUT2D eigenvalue weighted by molar-refractivity contribution is -0.0380. The third-order valence-electron chi connectivity index (χ3n) is 5.68. The normalized spacial score (nSPS) is 15.1. The van der Waals surface area contributed by atoms with Crippen LogP contribution < -0.4 is 15.4 Å². The average Bonchev–Trinajstić information content (AvgIpc) is 3.35. The summed E-state index contributed by atoms with van der Waals surface area (Å²) in [5.74, 6) is 1.21. The number of carbonyl (C=O) groups is 1. The second kappa shape index (κ2) is 7.55. The molecule has 5 heterocycles. The Bertz CT molecular complexity index is 1270. The minimum absolute atomic E-state index is 0.192. The standard InChI is InChI=1S/C21H23N7O3/c1-12(14-10-31-11-14)24-21-25-20(30-3)18-15(6-7-28(18)26-21)13-4-5-17-23-8-16(19(29)22-2)27(17)9-13/h4-9,12,14H,10-11H2,1-3H3,(H,22,29)(H,24,26). The average molecular weight is 421 g/mol. The molecular formula is C21H23N7O3. The summed E-state index contributed by atoms with van der Waals surface area (Å²) in [4.78, 5) is 21.0. The Kier molecular flexibility index (Phi) is 4.70. The van der Waals surface area contributed by atoms with E-state index in [-0.39, 0.29) is 11.9 Å². The molecule has 10 heteroatoms. The first-order chi connectivity index (χ1) is 15.1. The second-order valence-electron chi connectivity index (χ2n) is 7.57. The van der Waals surface area contributed by atoms with Crippen LogP contribution >= 0.6 is 0 Å². The van der Waals surface area contributed by atoms with Gasteiger partial charge < -0.3 is 20.1 Å². The van der Waals surface area contributed by atoms with Crippen LogP contribution in [-0.2, 0) is 4.74 Å². The fourth-order valence-corrected chi connectivity index (χ4v) is 3.73. The largest absolute Gasteiger partial charge is 0.479 e. The molecule has 10 nitrogen and oxygen atoms in total.